The number of nitrogens with zero attached hydrogens (tertiary/aromatic N) is 1. The van der Waals surface area contributed by atoms with E-state index in [1.165, 1.54) is 5.56 Å². The third-order valence-electron chi connectivity index (χ3n) is 5.12. The van der Waals surface area contributed by atoms with Crippen molar-refractivity contribution in [1.29, 1.82) is 0 Å². The van der Waals surface area contributed by atoms with E-state index in [1.54, 1.807) is 23.7 Å². The first-order valence-corrected chi connectivity index (χ1v) is 12.4. The summed E-state index contributed by atoms with van der Waals surface area (Å²) in [6, 6.07) is 27.2. The van der Waals surface area contributed by atoms with Gasteiger partial charge >= 0.3 is 0 Å². The van der Waals surface area contributed by atoms with Crippen molar-refractivity contribution in [2.75, 3.05) is 12.8 Å². The number of halogens is 1. The highest BCUT2D eigenvalue weighted by molar-refractivity contribution is 9.10. The molecular weight excluding hydrogens is 484 g/mol. The van der Waals surface area contributed by atoms with Gasteiger partial charge in [-0.3, -0.25) is 9.59 Å². The van der Waals surface area contributed by atoms with Crippen LogP contribution in [0.4, 0.5) is 0 Å². The van der Waals surface area contributed by atoms with Crippen molar-refractivity contribution in [2.24, 2.45) is 0 Å². The summed E-state index contributed by atoms with van der Waals surface area (Å²) in [5.41, 5.74) is 3.18. The van der Waals surface area contributed by atoms with Crippen molar-refractivity contribution in [2.45, 2.75) is 24.8 Å². The van der Waals surface area contributed by atoms with Gasteiger partial charge in [0.15, 0.2) is 0 Å². The second kappa shape index (κ2) is 12.5. The Hall–Kier alpha value is -2.57. The third-order valence-corrected chi connectivity index (χ3v) is 6.64. The number of rotatable bonds is 10. The molecule has 166 valence electrons. The van der Waals surface area contributed by atoms with Crippen molar-refractivity contribution < 1.29 is 9.59 Å². The molecule has 6 heteroatoms. The molecular formula is C26H27BrN2O2S. The predicted molar refractivity (Wildman–Crippen MR) is 135 cm³/mol. The molecule has 4 nitrogen and oxygen atoms in total. The van der Waals surface area contributed by atoms with Gasteiger partial charge in [-0.05, 0) is 28.8 Å². The lowest BCUT2D eigenvalue weighted by Gasteiger charge is -2.31. The number of hydrogen-bond acceptors (Lipinski definition) is 3. The predicted octanol–water partition coefficient (Wildman–Crippen LogP) is 5.07. The molecule has 32 heavy (non-hydrogen) atoms. The zero-order chi connectivity index (χ0) is 22.8. The summed E-state index contributed by atoms with van der Waals surface area (Å²) >= 11 is 5.03. The molecule has 0 aliphatic heterocycles. The third kappa shape index (κ3) is 7.24. The molecule has 2 amide bonds. The number of carbonyl (C=O) groups excluding carboxylic acids is 2. The van der Waals surface area contributed by atoms with Crippen molar-refractivity contribution in [3.8, 4) is 0 Å². The topological polar surface area (TPSA) is 49.4 Å². The Kier molecular flexibility index (Phi) is 9.38. The summed E-state index contributed by atoms with van der Waals surface area (Å²) in [5, 5.41) is 2.75. The molecule has 3 rings (SSSR count). The van der Waals surface area contributed by atoms with Crippen molar-refractivity contribution >= 4 is 39.5 Å². The van der Waals surface area contributed by atoms with Gasteiger partial charge in [-0.15, -0.1) is 11.8 Å². The maximum absolute atomic E-state index is 13.4. The first kappa shape index (κ1) is 24.1. The van der Waals surface area contributed by atoms with Crippen LogP contribution in [-0.2, 0) is 28.3 Å². The maximum atomic E-state index is 13.4. The van der Waals surface area contributed by atoms with Crippen LogP contribution in [0.25, 0.3) is 0 Å². The number of nitrogens with one attached hydrogen (secondary N) is 1. The summed E-state index contributed by atoms with van der Waals surface area (Å²) in [7, 11) is 1.62. The SMILES string of the molecule is CNC(=O)C(Cc1ccccc1)N(Cc1ccc(Br)cc1)C(=O)CSCc1ccccc1. The molecule has 0 fully saturated rings. The van der Waals surface area contributed by atoms with Gasteiger partial charge in [0.05, 0.1) is 5.75 Å². The normalized spacial score (nSPS) is 11.6. The highest BCUT2D eigenvalue weighted by Gasteiger charge is 2.29. The van der Waals surface area contributed by atoms with Gasteiger partial charge in [0.25, 0.3) is 0 Å². The minimum atomic E-state index is -0.587. The van der Waals surface area contributed by atoms with Gasteiger partial charge in [-0.2, -0.15) is 0 Å². The first-order chi connectivity index (χ1) is 15.6. The van der Waals surface area contributed by atoms with E-state index in [-0.39, 0.29) is 11.8 Å². The molecule has 1 N–H and O–H groups in total. The molecule has 0 spiro atoms. The van der Waals surface area contributed by atoms with Gasteiger partial charge in [-0.1, -0.05) is 88.7 Å². The van der Waals surface area contributed by atoms with Crippen LogP contribution in [0.3, 0.4) is 0 Å². The number of likely N-dealkylation sites (N-methyl/N-ethyl adjacent to an activating group) is 1. The van der Waals surface area contributed by atoms with Crippen LogP contribution in [-0.4, -0.2) is 35.6 Å². The summed E-state index contributed by atoms with van der Waals surface area (Å²) < 4.78 is 0.977. The molecule has 1 unspecified atom stereocenters. The van der Waals surface area contributed by atoms with Crippen LogP contribution in [0.2, 0.25) is 0 Å². The largest absolute Gasteiger partial charge is 0.357 e. The van der Waals surface area contributed by atoms with Crippen molar-refractivity contribution in [3.63, 3.8) is 0 Å². The molecule has 0 aromatic heterocycles. The maximum Gasteiger partial charge on any atom is 0.242 e. The molecule has 0 radical (unpaired) electrons. The van der Waals surface area contributed by atoms with Crippen LogP contribution < -0.4 is 5.32 Å². The van der Waals surface area contributed by atoms with Gasteiger partial charge in [0, 0.05) is 30.2 Å². The van der Waals surface area contributed by atoms with Gasteiger partial charge in [0.1, 0.15) is 6.04 Å². The Balaban J connectivity index is 1.80. The van der Waals surface area contributed by atoms with Crippen LogP contribution in [0, 0.1) is 0 Å². The van der Waals surface area contributed by atoms with Gasteiger partial charge < -0.3 is 10.2 Å². The van der Waals surface area contributed by atoms with E-state index in [2.05, 4.69) is 33.4 Å². The quantitative estimate of drug-likeness (QED) is 0.414. The minimum absolute atomic E-state index is 0.0432. The molecule has 1 atom stereocenters. The lowest BCUT2D eigenvalue weighted by Crippen LogP contribution is -2.50. The summed E-state index contributed by atoms with van der Waals surface area (Å²) in [4.78, 5) is 28.0. The highest BCUT2D eigenvalue weighted by atomic mass is 79.9. The average Bonchev–Trinajstić information content (AvgIpc) is 2.83. The van der Waals surface area contributed by atoms with E-state index in [0.717, 1.165) is 21.4 Å². The van der Waals surface area contributed by atoms with Crippen molar-refractivity contribution in [3.05, 3.63) is 106 Å². The molecule has 0 bridgehead atoms. The van der Waals surface area contributed by atoms with E-state index < -0.39 is 6.04 Å². The van der Waals surface area contributed by atoms with Crippen molar-refractivity contribution in [1.82, 2.24) is 10.2 Å². The Morgan fingerprint density at radius 2 is 1.47 bits per heavy atom. The number of carbonyl (C=O) groups is 2. The van der Waals surface area contributed by atoms with Crippen LogP contribution in [0.15, 0.2) is 89.4 Å². The van der Waals surface area contributed by atoms with Gasteiger partial charge in [0.2, 0.25) is 11.8 Å². The monoisotopic (exact) mass is 510 g/mol. The smallest absolute Gasteiger partial charge is 0.242 e. The number of amides is 2. The molecule has 0 heterocycles. The van der Waals surface area contributed by atoms with E-state index in [1.807, 2.05) is 72.8 Å². The fourth-order valence-electron chi connectivity index (χ4n) is 3.42. The van der Waals surface area contributed by atoms with E-state index in [0.29, 0.717) is 18.7 Å². The average molecular weight is 511 g/mol. The molecule has 3 aromatic carbocycles. The van der Waals surface area contributed by atoms with Crippen LogP contribution in [0.1, 0.15) is 16.7 Å². The first-order valence-electron chi connectivity index (χ1n) is 10.5. The lowest BCUT2D eigenvalue weighted by atomic mass is 10.0. The molecule has 0 aliphatic carbocycles. The van der Waals surface area contributed by atoms with Gasteiger partial charge in [-0.25, -0.2) is 0 Å². The Bertz CT molecular complexity index is 997. The van der Waals surface area contributed by atoms with E-state index in [9.17, 15) is 9.59 Å². The van der Waals surface area contributed by atoms with Crippen LogP contribution in [0.5, 0.6) is 0 Å². The van der Waals surface area contributed by atoms with E-state index in [4.69, 9.17) is 0 Å². The highest BCUT2D eigenvalue weighted by Crippen LogP contribution is 2.19. The Labute approximate surface area is 202 Å². The summed E-state index contributed by atoms with van der Waals surface area (Å²) in [6.07, 6.45) is 0.464. The number of thioether (sulfide) groups is 1. The summed E-state index contributed by atoms with van der Waals surface area (Å²) in [5.74, 6) is 0.862. The Morgan fingerprint density at radius 1 is 0.875 bits per heavy atom. The number of benzene rings is 3. The standard InChI is InChI=1S/C26H27BrN2O2S/c1-28-26(31)24(16-20-8-4-2-5-9-20)29(17-21-12-14-23(27)15-13-21)25(30)19-32-18-22-10-6-3-7-11-22/h2-15,24H,16-19H2,1H3,(H,28,31). The molecule has 0 saturated carbocycles. The second-order valence-electron chi connectivity index (χ2n) is 7.45. The molecule has 0 aliphatic rings. The lowest BCUT2D eigenvalue weighted by molar-refractivity contribution is -0.139. The minimum Gasteiger partial charge on any atom is -0.357 e. The zero-order valence-corrected chi connectivity index (χ0v) is 20.4. The second-order valence-corrected chi connectivity index (χ2v) is 9.35. The van der Waals surface area contributed by atoms with E-state index >= 15 is 0 Å². The fraction of sp³-hybridized carbons (Fsp3) is 0.231. The fourth-order valence-corrected chi connectivity index (χ4v) is 4.56. The molecule has 3 aromatic rings. The summed E-state index contributed by atoms with van der Waals surface area (Å²) in [6.45, 7) is 0.378. The zero-order valence-electron chi connectivity index (χ0n) is 18.0. The van der Waals surface area contributed by atoms with Crippen LogP contribution >= 0.6 is 27.7 Å². The number of hydrogen-bond donors (Lipinski definition) is 1. The molecule has 0 saturated heterocycles. The Morgan fingerprint density at radius 3 is 2.06 bits per heavy atom.